The third kappa shape index (κ3) is 5.66. The smallest absolute Gasteiger partial charge is 0.338 e. The summed E-state index contributed by atoms with van der Waals surface area (Å²) >= 11 is 13.3. The second kappa shape index (κ2) is 12.0. The Balaban J connectivity index is 1.46. The number of aryl methyl sites for hydroxylation is 1. The molecule has 0 radical (unpaired) electrons. The van der Waals surface area contributed by atoms with E-state index in [1.165, 1.54) is 16.7 Å². The number of hydrogen-bond donors (Lipinski definition) is 0. The number of carbonyl (C=O) groups is 1. The highest BCUT2D eigenvalue weighted by atomic mass is 35.5. The van der Waals surface area contributed by atoms with Crippen LogP contribution in [0.2, 0.25) is 10.0 Å². The van der Waals surface area contributed by atoms with Crippen LogP contribution in [0.15, 0.2) is 90.6 Å². The van der Waals surface area contributed by atoms with E-state index < -0.39 is 22.5 Å². The molecule has 13 heteroatoms. The molecule has 0 spiro atoms. The molecule has 0 bridgehead atoms. The molecule has 0 aliphatic carbocycles. The first-order valence-corrected chi connectivity index (χ1v) is 15.2. The molecular weight excluding hydrogens is 641 g/mol. The van der Waals surface area contributed by atoms with E-state index in [1.807, 2.05) is 0 Å². The van der Waals surface area contributed by atoms with E-state index in [1.54, 1.807) is 75.4 Å². The summed E-state index contributed by atoms with van der Waals surface area (Å²) in [6.07, 6.45) is 1.60. The molecule has 3 aromatic heterocycles. The predicted molar refractivity (Wildman–Crippen MR) is 170 cm³/mol. The van der Waals surface area contributed by atoms with Crippen LogP contribution >= 0.6 is 34.5 Å². The highest BCUT2D eigenvalue weighted by Gasteiger charge is 2.35. The van der Waals surface area contributed by atoms with Gasteiger partial charge in [0, 0.05) is 29.3 Å². The number of nitro benzene ring substituents is 1. The van der Waals surface area contributed by atoms with Crippen LogP contribution in [0.4, 0.5) is 5.69 Å². The summed E-state index contributed by atoms with van der Waals surface area (Å²) in [7, 11) is 0. The van der Waals surface area contributed by atoms with Gasteiger partial charge in [-0.25, -0.2) is 9.79 Å². The van der Waals surface area contributed by atoms with Gasteiger partial charge in [-0.3, -0.25) is 19.5 Å². The molecule has 0 saturated carbocycles. The van der Waals surface area contributed by atoms with Crippen LogP contribution in [0.25, 0.3) is 28.7 Å². The van der Waals surface area contributed by atoms with E-state index in [4.69, 9.17) is 36.8 Å². The standard InChI is InChI=1S/C32H23Cl2N3O7S/c1-4-42-31(39)28-17(3)35-32-36(29(28)26-12-11-25(44-26)21-14-19(37(40)41)7-5-16(21)2)30(38)27(45-32)15-20-8-10-24(43-20)18-6-9-22(33)23(34)13-18/h5-15,29H,4H2,1-3H3/b27-15-/t29-/m0/s1. The van der Waals surface area contributed by atoms with Gasteiger partial charge in [-0.2, -0.15) is 0 Å². The summed E-state index contributed by atoms with van der Waals surface area (Å²) < 4.78 is 19.3. The third-order valence-electron chi connectivity index (χ3n) is 7.21. The van der Waals surface area contributed by atoms with Crippen molar-refractivity contribution in [1.29, 1.82) is 0 Å². The second-order valence-corrected chi connectivity index (χ2v) is 11.9. The van der Waals surface area contributed by atoms with Crippen molar-refractivity contribution in [1.82, 2.24) is 4.57 Å². The molecule has 0 fully saturated rings. The lowest BCUT2D eigenvalue weighted by Crippen LogP contribution is -2.39. The fourth-order valence-corrected chi connectivity index (χ4v) is 6.38. The van der Waals surface area contributed by atoms with Crippen LogP contribution in [0.1, 0.15) is 37.0 Å². The van der Waals surface area contributed by atoms with Gasteiger partial charge in [-0.05, 0) is 68.8 Å². The number of allylic oxidation sites excluding steroid dienone is 1. The van der Waals surface area contributed by atoms with Crippen LogP contribution < -0.4 is 14.9 Å². The molecule has 45 heavy (non-hydrogen) atoms. The molecule has 0 amide bonds. The topological polar surface area (TPSA) is 130 Å². The Morgan fingerprint density at radius 3 is 2.58 bits per heavy atom. The lowest BCUT2D eigenvalue weighted by molar-refractivity contribution is -0.384. The van der Waals surface area contributed by atoms with Gasteiger partial charge < -0.3 is 13.6 Å². The normalized spacial score (nSPS) is 14.8. The zero-order chi connectivity index (χ0) is 32.0. The molecular formula is C32H23Cl2N3O7S. The molecule has 1 aliphatic heterocycles. The van der Waals surface area contributed by atoms with Gasteiger partial charge in [-0.15, -0.1) is 0 Å². The number of nitro groups is 1. The van der Waals surface area contributed by atoms with Gasteiger partial charge >= 0.3 is 5.97 Å². The van der Waals surface area contributed by atoms with Crippen molar-refractivity contribution >= 4 is 52.3 Å². The fraction of sp³-hybridized carbons (Fsp3) is 0.156. The first kappa shape index (κ1) is 30.3. The summed E-state index contributed by atoms with van der Waals surface area (Å²) in [4.78, 5) is 43.1. The number of furan rings is 2. The number of non-ortho nitro benzene ring substituents is 1. The molecule has 10 nitrogen and oxygen atoms in total. The fourth-order valence-electron chi connectivity index (χ4n) is 5.06. The zero-order valence-electron chi connectivity index (χ0n) is 24.0. The average molecular weight is 665 g/mol. The minimum absolute atomic E-state index is 0.0928. The molecule has 0 unspecified atom stereocenters. The molecule has 1 atom stereocenters. The summed E-state index contributed by atoms with van der Waals surface area (Å²) in [6.45, 7) is 5.27. The maximum absolute atomic E-state index is 14.0. The van der Waals surface area contributed by atoms with E-state index >= 15 is 0 Å². The van der Waals surface area contributed by atoms with Gasteiger partial charge in [0.25, 0.3) is 11.2 Å². The number of rotatable bonds is 7. The number of esters is 1. The molecule has 0 N–H and O–H groups in total. The third-order valence-corrected chi connectivity index (χ3v) is 8.94. The highest BCUT2D eigenvalue weighted by molar-refractivity contribution is 7.07. The van der Waals surface area contributed by atoms with Crippen LogP contribution in [0.3, 0.4) is 0 Å². The van der Waals surface area contributed by atoms with Gasteiger partial charge in [0.1, 0.15) is 29.1 Å². The van der Waals surface area contributed by atoms with Crippen molar-refractivity contribution in [2.24, 2.45) is 4.99 Å². The average Bonchev–Trinajstić information content (AvgIpc) is 3.74. The number of halogens is 2. The van der Waals surface area contributed by atoms with Gasteiger partial charge in [0.15, 0.2) is 4.80 Å². The molecule has 6 rings (SSSR count). The van der Waals surface area contributed by atoms with Crippen molar-refractivity contribution in [2.45, 2.75) is 26.8 Å². The Morgan fingerprint density at radius 2 is 1.84 bits per heavy atom. The first-order valence-electron chi connectivity index (χ1n) is 13.7. The Bertz CT molecular complexity index is 2220. The monoisotopic (exact) mass is 663 g/mol. The lowest BCUT2D eigenvalue weighted by atomic mass is 10.0. The quantitative estimate of drug-likeness (QED) is 0.106. The van der Waals surface area contributed by atoms with Crippen LogP contribution in [0.5, 0.6) is 0 Å². The summed E-state index contributed by atoms with van der Waals surface area (Å²) in [5.41, 5.74) is 1.98. The van der Waals surface area contributed by atoms with Gasteiger partial charge in [0.2, 0.25) is 0 Å². The maximum atomic E-state index is 14.0. The van der Waals surface area contributed by atoms with Gasteiger partial charge in [-0.1, -0.05) is 40.6 Å². The van der Waals surface area contributed by atoms with E-state index in [0.717, 1.165) is 16.9 Å². The summed E-state index contributed by atoms with van der Waals surface area (Å²) in [6, 6.07) is 15.4. The van der Waals surface area contributed by atoms with Crippen molar-refractivity contribution in [2.75, 3.05) is 6.61 Å². The Kier molecular flexibility index (Phi) is 8.08. The number of nitrogens with zero attached hydrogens (tertiary/aromatic N) is 3. The highest BCUT2D eigenvalue weighted by Crippen LogP contribution is 2.36. The van der Waals surface area contributed by atoms with Crippen LogP contribution in [-0.4, -0.2) is 22.1 Å². The lowest BCUT2D eigenvalue weighted by Gasteiger charge is -2.22. The van der Waals surface area contributed by atoms with Crippen molar-refractivity contribution in [3.05, 3.63) is 129 Å². The first-order chi connectivity index (χ1) is 21.5. The maximum Gasteiger partial charge on any atom is 0.338 e. The number of hydrogen-bond acceptors (Lipinski definition) is 9. The Hall–Kier alpha value is -4.71. The van der Waals surface area contributed by atoms with Gasteiger partial charge in [0.05, 0.1) is 37.4 Å². The molecule has 4 heterocycles. The summed E-state index contributed by atoms with van der Waals surface area (Å²) in [5, 5.41) is 12.2. The van der Waals surface area contributed by atoms with E-state index in [2.05, 4.69) is 4.99 Å². The molecule has 228 valence electrons. The van der Waals surface area contributed by atoms with Crippen molar-refractivity contribution in [3.63, 3.8) is 0 Å². The minimum Gasteiger partial charge on any atom is -0.463 e. The number of aromatic nitrogens is 1. The van der Waals surface area contributed by atoms with E-state index in [0.29, 0.717) is 53.5 Å². The molecule has 2 aromatic carbocycles. The summed E-state index contributed by atoms with van der Waals surface area (Å²) in [5.74, 6) is 0.920. The number of ether oxygens (including phenoxy) is 1. The van der Waals surface area contributed by atoms with Crippen LogP contribution in [-0.2, 0) is 9.53 Å². The SMILES string of the molecule is CCOC(=O)C1=C(C)N=c2s/c(=C\c3ccc(-c4ccc(Cl)c(Cl)c4)o3)c(=O)n2[C@H]1c1ccc(-c2cc([N+](=O)[O-])ccc2C)o1. The largest absolute Gasteiger partial charge is 0.463 e. The van der Waals surface area contributed by atoms with Crippen molar-refractivity contribution in [3.8, 4) is 22.6 Å². The molecule has 1 aliphatic rings. The predicted octanol–water partition coefficient (Wildman–Crippen LogP) is 6.84. The molecule has 5 aromatic rings. The number of carbonyl (C=O) groups excluding carboxylic acids is 1. The Morgan fingerprint density at radius 1 is 1.07 bits per heavy atom. The van der Waals surface area contributed by atoms with E-state index in [9.17, 15) is 19.7 Å². The van der Waals surface area contributed by atoms with E-state index in [-0.39, 0.29) is 23.6 Å². The second-order valence-electron chi connectivity index (χ2n) is 10.1. The number of fused-ring (bicyclic) bond motifs is 1. The van der Waals surface area contributed by atoms with Crippen LogP contribution in [0, 0.1) is 17.0 Å². The zero-order valence-corrected chi connectivity index (χ0v) is 26.3. The Labute approximate surface area is 269 Å². The minimum atomic E-state index is -1.00. The number of benzene rings is 2. The molecule has 0 saturated heterocycles. The van der Waals surface area contributed by atoms with Crippen molar-refractivity contribution < 1.29 is 23.3 Å². The number of thiazole rings is 1.